The molecule has 1 fully saturated rings. The second-order valence-corrected chi connectivity index (χ2v) is 6.98. The molecule has 1 aliphatic rings. The topological polar surface area (TPSA) is 58.6 Å². The third kappa shape index (κ3) is 5.81. The molecule has 1 aromatic rings. The van der Waals surface area contributed by atoms with Crippen molar-refractivity contribution in [1.29, 1.82) is 0 Å². The molecular weight excluding hydrogens is 323 g/mol. The quantitative estimate of drug-likeness (QED) is 0.857. The minimum atomic E-state index is -0.476. The monoisotopic (exact) mass is 350 g/mol. The van der Waals surface area contributed by atoms with Crippen LogP contribution in [0.5, 0.6) is 0 Å². The molecule has 0 spiro atoms. The van der Waals surface area contributed by atoms with Gasteiger partial charge in [-0.15, -0.1) is 0 Å². The number of carbonyl (C=O) groups is 2. The minimum absolute atomic E-state index is 0.0397. The van der Waals surface area contributed by atoms with Crippen molar-refractivity contribution in [1.82, 2.24) is 4.90 Å². The van der Waals surface area contributed by atoms with E-state index in [1.165, 1.54) is 6.07 Å². The number of nitrogens with one attached hydrogen (secondary N) is 1. The first-order valence-corrected chi connectivity index (χ1v) is 8.80. The van der Waals surface area contributed by atoms with Gasteiger partial charge in [0.15, 0.2) is 0 Å². The third-order valence-electron chi connectivity index (χ3n) is 4.25. The highest BCUT2D eigenvalue weighted by Crippen LogP contribution is 2.18. The van der Waals surface area contributed by atoms with Crippen molar-refractivity contribution in [2.24, 2.45) is 5.92 Å². The van der Waals surface area contributed by atoms with Gasteiger partial charge in [0.2, 0.25) is 11.8 Å². The first-order chi connectivity index (χ1) is 11.9. The number of halogens is 1. The van der Waals surface area contributed by atoms with E-state index in [1.54, 1.807) is 12.1 Å². The Morgan fingerprint density at radius 1 is 1.36 bits per heavy atom. The molecule has 25 heavy (non-hydrogen) atoms. The first-order valence-electron chi connectivity index (χ1n) is 8.80. The molecule has 0 aliphatic carbocycles. The van der Waals surface area contributed by atoms with Crippen molar-refractivity contribution < 1.29 is 18.7 Å². The summed E-state index contributed by atoms with van der Waals surface area (Å²) < 4.78 is 19.2. The second-order valence-electron chi connectivity index (χ2n) is 6.98. The van der Waals surface area contributed by atoms with Gasteiger partial charge in [0.05, 0.1) is 24.9 Å². The number of ether oxygens (including phenoxy) is 1. The van der Waals surface area contributed by atoms with E-state index in [-0.39, 0.29) is 36.4 Å². The Morgan fingerprint density at radius 2 is 2.12 bits per heavy atom. The molecule has 5 nitrogen and oxygen atoms in total. The van der Waals surface area contributed by atoms with Crippen LogP contribution in [0.3, 0.4) is 0 Å². The number of benzene rings is 1. The SMILES string of the molecule is Cc1ccc(F)c(NC(=O)CCC(=O)N2CCOC[C@@H]2CC(C)C)c1. The molecule has 2 rings (SSSR count). The van der Waals surface area contributed by atoms with Crippen LogP contribution in [0, 0.1) is 18.7 Å². The summed E-state index contributed by atoms with van der Waals surface area (Å²) in [6, 6.07) is 4.61. The molecule has 2 amide bonds. The summed E-state index contributed by atoms with van der Waals surface area (Å²) in [7, 11) is 0. The second kappa shape index (κ2) is 8.94. The highest BCUT2D eigenvalue weighted by Gasteiger charge is 2.27. The maximum absolute atomic E-state index is 13.7. The molecule has 0 unspecified atom stereocenters. The number of morpholine rings is 1. The van der Waals surface area contributed by atoms with Gasteiger partial charge < -0.3 is 15.0 Å². The van der Waals surface area contributed by atoms with E-state index in [9.17, 15) is 14.0 Å². The summed E-state index contributed by atoms with van der Waals surface area (Å²) in [5.41, 5.74) is 1.01. The van der Waals surface area contributed by atoms with Gasteiger partial charge in [-0.1, -0.05) is 19.9 Å². The fourth-order valence-corrected chi connectivity index (χ4v) is 3.03. The van der Waals surface area contributed by atoms with Crippen molar-refractivity contribution in [3.8, 4) is 0 Å². The Kier molecular flexibility index (Phi) is 6.93. The molecule has 1 atom stereocenters. The highest BCUT2D eigenvalue weighted by molar-refractivity contribution is 5.93. The number of carbonyl (C=O) groups excluding carboxylic acids is 2. The van der Waals surface area contributed by atoms with Crippen LogP contribution >= 0.6 is 0 Å². The van der Waals surface area contributed by atoms with Gasteiger partial charge in [0.1, 0.15) is 5.82 Å². The fraction of sp³-hybridized carbons (Fsp3) is 0.579. The molecular formula is C19H27FN2O3. The number of aryl methyl sites for hydroxylation is 1. The zero-order valence-corrected chi connectivity index (χ0v) is 15.2. The van der Waals surface area contributed by atoms with Crippen LogP contribution in [0.1, 0.15) is 38.7 Å². The molecule has 1 aliphatic heterocycles. The zero-order chi connectivity index (χ0) is 18.4. The summed E-state index contributed by atoms with van der Waals surface area (Å²) in [4.78, 5) is 26.4. The van der Waals surface area contributed by atoms with Gasteiger partial charge in [-0.05, 0) is 37.0 Å². The van der Waals surface area contributed by atoms with Crippen molar-refractivity contribution in [2.75, 3.05) is 25.1 Å². The van der Waals surface area contributed by atoms with Crippen molar-refractivity contribution in [3.63, 3.8) is 0 Å². The van der Waals surface area contributed by atoms with E-state index in [0.29, 0.717) is 25.7 Å². The van der Waals surface area contributed by atoms with Gasteiger partial charge >= 0.3 is 0 Å². The van der Waals surface area contributed by atoms with Gasteiger partial charge in [-0.2, -0.15) is 0 Å². The average molecular weight is 350 g/mol. The zero-order valence-electron chi connectivity index (χ0n) is 15.2. The average Bonchev–Trinajstić information content (AvgIpc) is 2.56. The van der Waals surface area contributed by atoms with Crippen molar-refractivity contribution in [3.05, 3.63) is 29.6 Å². The largest absolute Gasteiger partial charge is 0.377 e. The smallest absolute Gasteiger partial charge is 0.224 e. The lowest BCUT2D eigenvalue weighted by molar-refractivity contribution is -0.141. The summed E-state index contributed by atoms with van der Waals surface area (Å²) in [6.45, 7) is 7.68. The number of hydrogen-bond acceptors (Lipinski definition) is 3. The minimum Gasteiger partial charge on any atom is -0.377 e. The lowest BCUT2D eigenvalue weighted by Crippen LogP contribution is -2.49. The first kappa shape index (κ1) is 19.4. The Hall–Kier alpha value is -1.95. The normalized spacial score (nSPS) is 17.6. The number of amides is 2. The summed E-state index contributed by atoms with van der Waals surface area (Å²) in [6.07, 6.45) is 1.04. The van der Waals surface area contributed by atoms with E-state index in [4.69, 9.17) is 4.74 Å². The molecule has 0 aromatic heterocycles. The molecule has 1 aromatic carbocycles. The van der Waals surface area contributed by atoms with E-state index in [1.807, 2.05) is 11.8 Å². The molecule has 1 N–H and O–H groups in total. The van der Waals surface area contributed by atoms with E-state index in [0.717, 1.165) is 12.0 Å². The van der Waals surface area contributed by atoms with Crippen LogP contribution in [0.25, 0.3) is 0 Å². The van der Waals surface area contributed by atoms with E-state index in [2.05, 4.69) is 19.2 Å². The number of hydrogen-bond donors (Lipinski definition) is 1. The molecule has 1 saturated heterocycles. The standard InChI is InChI=1S/C19H27FN2O3/c1-13(2)10-15-12-25-9-8-22(15)19(24)7-6-18(23)21-17-11-14(3)4-5-16(17)20/h4-5,11,13,15H,6-10,12H2,1-3H3,(H,21,23)/t15-/m0/s1. The van der Waals surface area contributed by atoms with Crippen LogP contribution in [-0.4, -0.2) is 42.5 Å². The third-order valence-corrected chi connectivity index (χ3v) is 4.25. The van der Waals surface area contributed by atoms with Crippen LogP contribution < -0.4 is 5.32 Å². The summed E-state index contributed by atoms with van der Waals surface area (Å²) in [5.74, 6) is -0.412. The Bertz CT molecular complexity index is 619. The fourth-order valence-electron chi connectivity index (χ4n) is 3.03. The Labute approximate surface area is 148 Å². The molecule has 0 saturated carbocycles. The molecule has 0 bridgehead atoms. The molecule has 1 heterocycles. The van der Waals surface area contributed by atoms with Crippen LogP contribution in [-0.2, 0) is 14.3 Å². The van der Waals surface area contributed by atoms with Crippen molar-refractivity contribution in [2.45, 2.75) is 46.1 Å². The van der Waals surface area contributed by atoms with E-state index < -0.39 is 5.82 Å². The van der Waals surface area contributed by atoms with Crippen LogP contribution in [0.4, 0.5) is 10.1 Å². The van der Waals surface area contributed by atoms with Crippen LogP contribution in [0.2, 0.25) is 0 Å². The van der Waals surface area contributed by atoms with Gasteiger partial charge in [-0.3, -0.25) is 9.59 Å². The van der Waals surface area contributed by atoms with Gasteiger partial charge in [0, 0.05) is 19.4 Å². The van der Waals surface area contributed by atoms with E-state index >= 15 is 0 Å². The maximum Gasteiger partial charge on any atom is 0.224 e. The predicted molar refractivity (Wildman–Crippen MR) is 94.8 cm³/mol. The Morgan fingerprint density at radius 3 is 2.84 bits per heavy atom. The maximum atomic E-state index is 13.7. The summed E-state index contributed by atoms with van der Waals surface area (Å²) in [5, 5.41) is 2.54. The van der Waals surface area contributed by atoms with Crippen molar-refractivity contribution >= 4 is 17.5 Å². The summed E-state index contributed by atoms with van der Waals surface area (Å²) >= 11 is 0. The molecule has 6 heteroatoms. The number of rotatable bonds is 6. The van der Waals surface area contributed by atoms with Gasteiger partial charge in [-0.25, -0.2) is 4.39 Å². The van der Waals surface area contributed by atoms with Gasteiger partial charge in [0.25, 0.3) is 0 Å². The Balaban J connectivity index is 1.87. The lowest BCUT2D eigenvalue weighted by atomic mass is 10.0. The molecule has 0 radical (unpaired) electrons. The van der Waals surface area contributed by atoms with Crippen LogP contribution in [0.15, 0.2) is 18.2 Å². The highest BCUT2D eigenvalue weighted by atomic mass is 19.1. The number of anilines is 1. The lowest BCUT2D eigenvalue weighted by Gasteiger charge is -2.36. The molecule has 138 valence electrons. The predicted octanol–water partition coefficient (Wildman–Crippen LogP) is 3.13. The number of nitrogens with zero attached hydrogens (tertiary/aromatic N) is 1.